The van der Waals surface area contributed by atoms with Crippen molar-refractivity contribution in [2.45, 2.75) is 11.8 Å². The Kier molecular flexibility index (Phi) is 4.25. The second-order valence-electron chi connectivity index (χ2n) is 4.17. The van der Waals surface area contributed by atoms with Crippen LogP contribution in [0.15, 0.2) is 57.5 Å². The van der Waals surface area contributed by atoms with Crippen molar-refractivity contribution in [1.29, 1.82) is 0 Å². The largest absolute Gasteiger partial charge is 0.431 e. The first kappa shape index (κ1) is 15.5. The molecule has 0 radical (unpaired) electrons. The van der Waals surface area contributed by atoms with E-state index in [1.54, 1.807) is 0 Å². The molecule has 0 heterocycles. The summed E-state index contributed by atoms with van der Waals surface area (Å²) in [5.41, 5.74) is -4.43. The number of alkyl halides is 4. The molecule has 0 aromatic heterocycles. The van der Waals surface area contributed by atoms with Crippen LogP contribution in [0.3, 0.4) is 0 Å². The molecule has 2 aromatic rings. The Morgan fingerprint density at radius 3 is 1.15 bits per heavy atom. The van der Waals surface area contributed by atoms with Gasteiger partial charge in [-0.2, -0.15) is 13.2 Å². The highest BCUT2D eigenvalue weighted by atomic mass is 79.9. The first-order valence-electron chi connectivity index (χ1n) is 5.53. The van der Waals surface area contributed by atoms with Crippen molar-refractivity contribution in [2.24, 2.45) is 0 Å². The first-order valence-corrected chi connectivity index (χ1v) is 7.11. The molecule has 6 heteroatoms. The van der Waals surface area contributed by atoms with E-state index in [1.165, 1.54) is 24.3 Å². The third-order valence-electron chi connectivity index (χ3n) is 2.87. The van der Waals surface area contributed by atoms with E-state index in [4.69, 9.17) is 0 Å². The summed E-state index contributed by atoms with van der Waals surface area (Å²) < 4.78 is 55.9. The van der Waals surface area contributed by atoms with Crippen LogP contribution in [0.5, 0.6) is 0 Å². The zero-order valence-corrected chi connectivity index (χ0v) is 13.1. The van der Waals surface area contributed by atoms with Crippen LogP contribution in [0.1, 0.15) is 11.1 Å². The molecule has 0 aliphatic heterocycles. The normalized spacial score (nSPS) is 12.5. The fourth-order valence-electron chi connectivity index (χ4n) is 1.85. The summed E-state index contributed by atoms with van der Waals surface area (Å²) in [5, 5.41) is 0. The van der Waals surface area contributed by atoms with Crippen LogP contribution in [-0.2, 0) is 5.67 Å². The summed E-state index contributed by atoms with van der Waals surface area (Å²) in [7, 11) is 0. The number of hydrogen-bond donors (Lipinski definition) is 0. The highest BCUT2D eigenvalue weighted by molar-refractivity contribution is 9.10. The predicted octanol–water partition coefficient (Wildman–Crippen LogP) is 5.99. The van der Waals surface area contributed by atoms with Crippen LogP contribution in [-0.4, -0.2) is 6.18 Å². The zero-order chi connectivity index (χ0) is 15.0. The van der Waals surface area contributed by atoms with E-state index in [1.807, 2.05) is 0 Å². The Morgan fingerprint density at radius 1 is 0.600 bits per heavy atom. The standard InChI is InChI=1S/C14H8Br2F4/c15-11-5-1-9(2-6-11)13(17,14(18,19)20)10-3-7-12(16)8-4-10/h1-8H. The summed E-state index contributed by atoms with van der Waals surface area (Å²) in [5.74, 6) is 0. The second-order valence-corrected chi connectivity index (χ2v) is 6.00. The van der Waals surface area contributed by atoms with E-state index >= 15 is 0 Å². The Bertz CT molecular complexity index is 543. The fraction of sp³-hybridized carbons (Fsp3) is 0.143. The molecule has 0 N–H and O–H groups in total. The Hall–Kier alpha value is -0.880. The Morgan fingerprint density at radius 2 is 0.900 bits per heavy atom. The predicted molar refractivity (Wildman–Crippen MR) is 76.2 cm³/mol. The summed E-state index contributed by atoms with van der Waals surface area (Å²) in [4.78, 5) is 0. The van der Waals surface area contributed by atoms with Gasteiger partial charge in [0.15, 0.2) is 0 Å². The monoisotopic (exact) mass is 410 g/mol. The van der Waals surface area contributed by atoms with Gasteiger partial charge in [0.2, 0.25) is 0 Å². The highest BCUT2D eigenvalue weighted by Crippen LogP contribution is 2.47. The molecule has 0 spiro atoms. The third-order valence-corrected chi connectivity index (χ3v) is 3.93. The second kappa shape index (κ2) is 5.48. The molecular formula is C14H8Br2F4. The third kappa shape index (κ3) is 2.76. The lowest BCUT2D eigenvalue weighted by atomic mass is 9.87. The maximum absolute atomic E-state index is 14.9. The van der Waals surface area contributed by atoms with Crippen molar-refractivity contribution < 1.29 is 17.6 Å². The molecule has 0 amide bonds. The van der Waals surface area contributed by atoms with Crippen LogP contribution in [0, 0.1) is 0 Å². The van der Waals surface area contributed by atoms with Crippen molar-refractivity contribution in [1.82, 2.24) is 0 Å². The maximum atomic E-state index is 14.9. The Labute approximate surface area is 130 Å². The van der Waals surface area contributed by atoms with E-state index in [0.29, 0.717) is 8.95 Å². The number of halogens is 6. The molecule has 2 aromatic carbocycles. The lowest BCUT2D eigenvalue weighted by Gasteiger charge is -2.29. The fourth-order valence-corrected chi connectivity index (χ4v) is 2.38. The van der Waals surface area contributed by atoms with Crippen LogP contribution in [0.2, 0.25) is 0 Å². The van der Waals surface area contributed by atoms with Gasteiger partial charge in [-0.15, -0.1) is 0 Å². The molecule has 2 rings (SSSR count). The quantitative estimate of drug-likeness (QED) is 0.532. The maximum Gasteiger partial charge on any atom is 0.431 e. The van der Waals surface area contributed by atoms with Crippen LogP contribution < -0.4 is 0 Å². The Balaban J connectivity index is 2.62. The van der Waals surface area contributed by atoms with E-state index in [-0.39, 0.29) is 0 Å². The molecule has 20 heavy (non-hydrogen) atoms. The van der Waals surface area contributed by atoms with Crippen molar-refractivity contribution in [3.63, 3.8) is 0 Å². The molecule has 0 unspecified atom stereocenters. The van der Waals surface area contributed by atoms with Crippen LogP contribution in [0.25, 0.3) is 0 Å². The summed E-state index contributed by atoms with van der Waals surface area (Å²) >= 11 is 6.24. The topological polar surface area (TPSA) is 0 Å². The average Bonchev–Trinajstić information content (AvgIpc) is 2.38. The van der Waals surface area contributed by atoms with E-state index in [9.17, 15) is 17.6 Å². The average molecular weight is 412 g/mol. The van der Waals surface area contributed by atoms with Gasteiger partial charge in [0.25, 0.3) is 5.67 Å². The number of hydrogen-bond acceptors (Lipinski definition) is 0. The van der Waals surface area contributed by atoms with Gasteiger partial charge >= 0.3 is 6.18 Å². The van der Waals surface area contributed by atoms with Crippen molar-refractivity contribution in [2.75, 3.05) is 0 Å². The molecule has 0 aliphatic carbocycles. The molecule has 0 saturated carbocycles. The van der Waals surface area contributed by atoms with Gasteiger partial charge in [-0.3, -0.25) is 0 Å². The van der Waals surface area contributed by atoms with Gasteiger partial charge in [-0.05, 0) is 24.3 Å². The van der Waals surface area contributed by atoms with Crippen molar-refractivity contribution in [3.05, 3.63) is 68.6 Å². The molecule has 0 nitrogen and oxygen atoms in total. The molecule has 0 saturated heterocycles. The molecule has 106 valence electrons. The minimum Gasteiger partial charge on any atom is -0.223 e. The van der Waals surface area contributed by atoms with Gasteiger partial charge in [0.1, 0.15) is 0 Å². The summed E-state index contributed by atoms with van der Waals surface area (Å²) in [6.07, 6.45) is -5.05. The highest BCUT2D eigenvalue weighted by Gasteiger charge is 2.58. The minimum atomic E-state index is -5.05. The summed E-state index contributed by atoms with van der Waals surface area (Å²) in [6, 6.07) is 10.0. The smallest absolute Gasteiger partial charge is 0.223 e. The minimum absolute atomic E-state index is 0.449. The van der Waals surface area contributed by atoms with Gasteiger partial charge in [-0.1, -0.05) is 56.1 Å². The lowest BCUT2D eigenvalue weighted by molar-refractivity contribution is -0.219. The SMILES string of the molecule is FC(F)(F)C(F)(c1ccc(Br)cc1)c1ccc(Br)cc1. The van der Waals surface area contributed by atoms with Gasteiger partial charge in [0.05, 0.1) is 0 Å². The van der Waals surface area contributed by atoms with Gasteiger partial charge < -0.3 is 0 Å². The molecule has 0 aliphatic rings. The zero-order valence-electron chi connectivity index (χ0n) is 9.89. The van der Waals surface area contributed by atoms with Gasteiger partial charge in [-0.25, -0.2) is 4.39 Å². The molecule has 0 bridgehead atoms. The first-order chi connectivity index (χ1) is 9.25. The lowest BCUT2D eigenvalue weighted by Crippen LogP contribution is -2.39. The van der Waals surface area contributed by atoms with E-state index in [0.717, 1.165) is 24.3 Å². The van der Waals surface area contributed by atoms with Crippen LogP contribution in [0.4, 0.5) is 17.6 Å². The van der Waals surface area contributed by atoms with E-state index in [2.05, 4.69) is 31.9 Å². The van der Waals surface area contributed by atoms with E-state index < -0.39 is 23.0 Å². The van der Waals surface area contributed by atoms with Gasteiger partial charge in [0, 0.05) is 20.1 Å². The summed E-state index contributed by atoms with van der Waals surface area (Å²) in [6.45, 7) is 0. The van der Waals surface area contributed by atoms with Crippen LogP contribution >= 0.6 is 31.9 Å². The van der Waals surface area contributed by atoms with Crippen molar-refractivity contribution in [3.8, 4) is 0 Å². The number of benzene rings is 2. The number of rotatable bonds is 2. The molecule has 0 atom stereocenters. The van der Waals surface area contributed by atoms with Crippen molar-refractivity contribution >= 4 is 31.9 Å². The molecular weight excluding hydrogens is 404 g/mol. The molecule has 0 fully saturated rings.